The van der Waals surface area contributed by atoms with Gasteiger partial charge in [0.1, 0.15) is 4.90 Å². The molecule has 0 heterocycles. The lowest BCUT2D eigenvalue weighted by Crippen LogP contribution is -2.27. The summed E-state index contributed by atoms with van der Waals surface area (Å²) >= 11 is 0. The minimum atomic E-state index is -3.86. The van der Waals surface area contributed by atoms with Gasteiger partial charge in [0.25, 0.3) is 0 Å². The molecule has 1 amide bonds. The standard InChI is InChI=1S/C12H19N3O3S/c1-2-5-9(13)8-12(16)15-10-6-3-4-7-11(10)19(14,17)18/h3-4,6-7,9H,2,5,8,13H2,1H3,(H,15,16)(H2,14,17,18). The molecule has 0 aliphatic heterocycles. The van der Waals surface area contributed by atoms with Gasteiger partial charge in [-0.05, 0) is 18.6 Å². The maximum absolute atomic E-state index is 11.8. The second-order valence-electron chi connectivity index (χ2n) is 4.34. The Kier molecular flexibility index (Phi) is 5.46. The molecule has 0 saturated carbocycles. The van der Waals surface area contributed by atoms with Crippen molar-refractivity contribution in [1.29, 1.82) is 0 Å². The summed E-state index contributed by atoms with van der Waals surface area (Å²) in [4.78, 5) is 11.6. The molecular formula is C12H19N3O3S. The summed E-state index contributed by atoms with van der Waals surface area (Å²) in [5.41, 5.74) is 5.94. The van der Waals surface area contributed by atoms with Gasteiger partial charge in [-0.2, -0.15) is 0 Å². The van der Waals surface area contributed by atoms with Gasteiger partial charge < -0.3 is 11.1 Å². The first-order valence-corrected chi connectivity index (χ1v) is 7.56. The number of benzene rings is 1. The molecule has 0 saturated heterocycles. The van der Waals surface area contributed by atoms with Crippen molar-refractivity contribution < 1.29 is 13.2 Å². The third kappa shape index (κ3) is 4.98. The minimum absolute atomic E-state index is 0.104. The molecule has 19 heavy (non-hydrogen) atoms. The Bertz CT molecular complexity index is 543. The van der Waals surface area contributed by atoms with Gasteiger partial charge in [-0.1, -0.05) is 25.5 Å². The van der Waals surface area contributed by atoms with E-state index in [1.165, 1.54) is 18.2 Å². The Morgan fingerprint density at radius 3 is 2.58 bits per heavy atom. The first-order chi connectivity index (χ1) is 8.84. The lowest BCUT2D eigenvalue weighted by Gasteiger charge is -2.12. The van der Waals surface area contributed by atoms with Crippen molar-refractivity contribution in [3.05, 3.63) is 24.3 Å². The number of hydrogen-bond acceptors (Lipinski definition) is 4. The molecule has 5 N–H and O–H groups in total. The Hall–Kier alpha value is -1.44. The molecule has 1 rings (SSSR count). The predicted molar refractivity (Wildman–Crippen MR) is 73.9 cm³/mol. The SMILES string of the molecule is CCCC(N)CC(=O)Nc1ccccc1S(N)(=O)=O. The van der Waals surface area contributed by atoms with E-state index in [-0.39, 0.29) is 29.0 Å². The first-order valence-electron chi connectivity index (χ1n) is 6.02. The molecule has 1 unspecified atom stereocenters. The number of rotatable bonds is 6. The van der Waals surface area contributed by atoms with Crippen molar-refractivity contribution in [2.75, 3.05) is 5.32 Å². The summed E-state index contributed by atoms with van der Waals surface area (Å²) in [6.07, 6.45) is 1.78. The monoisotopic (exact) mass is 285 g/mol. The highest BCUT2D eigenvalue weighted by Gasteiger charge is 2.16. The van der Waals surface area contributed by atoms with Crippen molar-refractivity contribution in [2.24, 2.45) is 10.9 Å². The van der Waals surface area contributed by atoms with E-state index in [0.717, 1.165) is 12.8 Å². The largest absolute Gasteiger partial charge is 0.327 e. The van der Waals surface area contributed by atoms with Crippen LogP contribution in [0.5, 0.6) is 0 Å². The molecule has 7 heteroatoms. The molecule has 0 fully saturated rings. The van der Waals surface area contributed by atoms with Crippen LogP contribution in [0.25, 0.3) is 0 Å². The average Bonchev–Trinajstić information content (AvgIpc) is 2.28. The van der Waals surface area contributed by atoms with Crippen molar-refractivity contribution >= 4 is 21.6 Å². The number of sulfonamides is 1. The highest BCUT2D eigenvalue weighted by Crippen LogP contribution is 2.19. The second kappa shape index (κ2) is 6.65. The van der Waals surface area contributed by atoms with Crippen LogP contribution in [0, 0.1) is 0 Å². The molecular weight excluding hydrogens is 266 g/mol. The van der Waals surface area contributed by atoms with Crippen LogP contribution in [-0.4, -0.2) is 20.4 Å². The van der Waals surface area contributed by atoms with E-state index >= 15 is 0 Å². The Balaban J connectivity index is 2.81. The number of para-hydroxylation sites is 1. The summed E-state index contributed by atoms with van der Waals surface area (Å²) in [5.74, 6) is -0.322. The van der Waals surface area contributed by atoms with Gasteiger partial charge in [0.05, 0.1) is 5.69 Å². The maximum atomic E-state index is 11.8. The van der Waals surface area contributed by atoms with Gasteiger partial charge in [-0.15, -0.1) is 0 Å². The lowest BCUT2D eigenvalue weighted by molar-refractivity contribution is -0.116. The summed E-state index contributed by atoms with van der Waals surface area (Å²) in [6, 6.07) is 5.76. The molecule has 1 aromatic rings. The fourth-order valence-corrected chi connectivity index (χ4v) is 2.42. The second-order valence-corrected chi connectivity index (χ2v) is 5.87. The van der Waals surface area contributed by atoms with E-state index in [0.29, 0.717) is 0 Å². The van der Waals surface area contributed by atoms with E-state index < -0.39 is 10.0 Å². The van der Waals surface area contributed by atoms with Crippen LogP contribution in [0.15, 0.2) is 29.2 Å². The fourth-order valence-electron chi connectivity index (χ4n) is 1.73. The van der Waals surface area contributed by atoms with Crippen LogP contribution in [0.1, 0.15) is 26.2 Å². The topological polar surface area (TPSA) is 115 Å². The van der Waals surface area contributed by atoms with Gasteiger partial charge in [0, 0.05) is 12.5 Å². The van der Waals surface area contributed by atoms with Crippen molar-refractivity contribution in [3.63, 3.8) is 0 Å². The van der Waals surface area contributed by atoms with Crippen molar-refractivity contribution in [3.8, 4) is 0 Å². The fraction of sp³-hybridized carbons (Fsp3) is 0.417. The number of hydrogen-bond donors (Lipinski definition) is 3. The molecule has 0 spiro atoms. The molecule has 0 aliphatic rings. The highest BCUT2D eigenvalue weighted by molar-refractivity contribution is 7.89. The Labute approximate surface area is 113 Å². The Morgan fingerprint density at radius 2 is 2.00 bits per heavy atom. The molecule has 0 bridgehead atoms. The van der Waals surface area contributed by atoms with E-state index in [4.69, 9.17) is 10.9 Å². The van der Waals surface area contributed by atoms with Crippen LogP contribution in [0.4, 0.5) is 5.69 Å². The van der Waals surface area contributed by atoms with Gasteiger partial charge in [0.2, 0.25) is 15.9 Å². The molecule has 1 aromatic carbocycles. The predicted octanol–water partition coefficient (Wildman–Crippen LogP) is 0.790. The smallest absolute Gasteiger partial charge is 0.240 e. The molecule has 0 aromatic heterocycles. The summed E-state index contributed by atoms with van der Waals surface area (Å²) in [5, 5.41) is 7.61. The van der Waals surface area contributed by atoms with Gasteiger partial charge >= 0.3 is 0 Å². The summed E-state index contributed by atoms with van der Waals surface area (Å²) in [6.45, 7) is 1.98. The van der Waals surface area contributed by atoms with Crippen molar-refractivity contribution in [2.45, 2.75) is 37.1 Å². The number of primary sulfonamides is 1. The zero-order valence-corrected chi connectivity index (χ0v) is 11.6. The normalized spacial score (nSPS) is 13.0. The zero-order chi connectivity index (χ0) is 14.5. The molecule has 0 radical (unpaired) electrons. The number of carbonyl (C=O) groups is 1. The number of carbonyl (C=O) groups excluding carboxylic acids is 1. The van der Waals surface area contributed by atoms with Crippen LogP contribution >= 0.6 is 0 Å². The number of nitrogens with two attached hydrogens (primary N) is 2. The summed E-state index contributed by atoms with van der Waals surface area (Å²) < 4.78 is 22.7. The maximum Gasteiger partial charge on any atom is 0.240 e. The lowest BCUT2D eigenvalue weighted by atomic mass is 10.1. The molecule has 0 aliphatic carbocycles. The van der Waals surface area contributed by atoms with E-state index in [2.05, 4.69) is 5.32 Å². The van der Waals surface area contributed by atoms with Crippen LogP contribution in [0.3, 0.4) is 0 Å². The van der Waals surface area contributed by atoms with E-state index in [1.54, 1.807) is 6.07 Å². The number of amides is 1. The molecule has 6 nitrogen and oxygen atoms in total. The van der Waals surface area contributed by atoms with Crippen LogP contribution in [0.2, 0.25) is 0 Å². The third-order valence-corrected chi connectivity index (χ3v) is 3.54. The van der Waals surface area contributed by atoms with E-state index in [9.17, 15) is 13.2 Å². The van der Waals surface area contributed by atoms with Gasteiger partial charge in [-0.3, -0.25) is 4.79 Å². The third-order valence-electron chi connectivity index (χ3n) is 2.57. The Morgan fingerprint density at radius 1 is 1.37 bits per heavy atom. The summed E-state index contributed by atoms with van der Waals surface area (Å²) in [7, 11) is -3.86. The van der Waals surface area contributed by atoms with Crippen LogP contribution < -0.4 is 16.2 Å². The average molecular weight is 285 g/mol. The van der Waals surface area contributed by atoms with Gasteiger partial charge in [0.15, 0.2) is 0 Å². The van der Waals surface area contributed by atoms with E-state index in [1.807, 2.05) is 6.92 Å². The van der Waals surface area contributed by atoms with Crippen molar-refractivity contribution in [1.82, 2.24) is 0 Å². The molecule has 106 valence electrons. The number of nitrogens with one attached hydrogen (secondary N) is 1. The van der Waals surface area contributed by atoms with Gasteiger partial charge in [-0.25, -0.2) is 13.6 Å². The number of anilines is 1. The quantitative estimate of drug-likeness (QED) is 0.716. The minimum Gasteiger partial charge on any atom is -0.327 e. The molecule has 1 atom stereocenters. The van der Waals surface area contributed by atoms with Crippen LogP contribution in [-0.2, 0) is 14.8 Å². The highest BCUT2D eigenvalue weighted by atomic mass is 32.2. The first kappa shape index (κ1) is 15.6. The zero-order valence-electron chi connectivity index (χ0n) is 10.8.